The van der Waals surface area contributed by atoms with Gasteiger partial charge in [0.15, 0.2) is 4.87 Å². The molecule has 0 N–H and O–H groups in total. The average molecular weight is 332 g/mol. The fraction of sp³-hybridized carbons (Fsp3) is 0.556. The van der Waals surface area contributed by atoms with Gasteiger partial charge in [-0.2, -0.15) is 0 Å². The summed E-state index contributed by atoms with van der Waals surface area (Å²) in [5, 5.41) is 0. The van der Waals surface area contributed by atoms with E-state index in [1.165, 1.54) is 0 Å². The number of benzene rings is 1. The topological polar surface area (TPSA) is 40.6 Å². The molecule has 1 aromatic carbocycles. The van der Waals surface area contributed by atoms with Crippen molar-refractivity contribution >= 4 is 29.3 Å². The van der Waals surface area contributed by atoms with Crippen LogP contribution >= 0.6 is 11.8 Å². The largest absolute Gasteiger partial charge is 0.315 e. The number of nitrogens with zero attached hydrogens (tertiary/aromatic N) is 2. The first kappa shape index (κ1) is 16.4. The Kier molecular flexibility index (Phi) is 4.17. The molecule has 2 aliphatic rings. The lowest BCUT2D eigenvalue weighted by atomic mass is 10.0. The Labute approximate surface area is 142 Å². The zero-order chi connectivity index (χ0) is 16.8. The second-order valence-electron chi connectivity index (χ2n) is 6.92. The molecule has 5 heteroatoms. The molecule has 0 saturated carbocycles. The second kappa shape index (κ2) is 5.86. The summed E-state index contributed by atoms with van der Waals surface area (Å²) in [7, 11) is 0. The Morgan fingerprint density at radius 3 is 2.61 bits per heavy atom. The van der Waals surface area contributed by atoms with Crippen LogP contribution in [0, 0.1) is 5.92 Å². The van der Waals surface area contributed by atoms with Gasteiger partial charge in [-0.05, 0) is 25.8 Å². The fourth-order valence-electron chi connectivity index (χ4n) is 3.55. The van der Waals surface area contributed by atoms with E-state index in [1.54, 1.807) is 11.8 Å². The minimum absolute atomic E-state index is 0.0355. The minimum atomic E-state index is -0.854. The molecule has 0 radical (unpaired) electrons. The highest BCUT2D eigenvalue weighted by Crippen LogP contribution is 2.54. The quantitative estimate of drug-likeness (QED) is 0.853. The Hall–Kier alpha value is -1.49. The third-order valence-corrected chi connectivity index (χ3v) is 5.86. The highest BCUT2D eigenvalue weighted by molar-refractivity contribution is 8.01. The molecule has 23 heavy (non-hydrogen) atoms. The Balaban J connectivity index is 2.10. The van der Waals surface area contributed by atoms with E-state index >= 15 is 0 Å². The summed E-state index contributed by atoms with van der Waals surface area (Å²) < 4.78 is 0. The molecule has 1 saturated heterocycles. The van der Waals surface area contributed by atoms with Crippen molar-refractivity contribution in [3.8, 4) is 0 Å². The zero-order valence-corrected chi connectivity index (χ0v) is 15.0. The molecule has 0 bridgehead atoms. The van der Waals surface area contributed by atoms with Crippen LogP contribution in [0.3, 0.4) is 0 Å². The number of para-hydroxylation sites is 1. The van der Waals surface area contributed by atoms with E-state index in [-0.39, 0.29) is 23.8 Å². The fourth-order valence-corrected chi connectivity index (χ4v) is 5.02. The van der Waals surface area contributed by atoms with Gasteiger partial charge in [0.25, 0.3) is 5.91 Å². The van der Waals surface area contributed by atoms with Crippen LogP contribution in [-0.2, 0) is 14.5 Å². The molecule has 0 aliphatic carbocycles. The van der Waals surface area contributed by atoms with Gasteiger partial charge >= 0.3 is 0 Å². The van der Waals surface area contributed by atoms with Crippen molar-refractivity contribution in [1.82, 2.24) is 4.90 Å². The molecule has 3 rings (SSSR count). The monoisotopic (exact) mass is 332 g/mol. The van der Waals surface area contributed by atoms with Crippen LogP contribution in [0.1, 0.15) is 39.7 Å². The van der Waals surface area contributed by atoms with Gasteiger partial charge in [-0.15, -0.1) is 11.8 Å². The molecule has 1 atom stereocenters. The van der Waals surface area contributed by atoms with Gasteiger partial charge in [-0.1, -0.05) is 32.0 Å². The van der Waals surface area contributed by atoms with Gasteiger partial charge in [-0.3, -0.25) is 9.59 Å². The molecule has 4 nitrogen and oxygen atoms in total. The van der Waals surface area contributed by atoms with E-state index in [1.807, 2.05) is 61.8 Å². The van der Waals surface area contributed by atoms with Crippen molar-refractivity contribution in [3.63, 3.8) is 0 Å². The number of fused-ring (bicyclic) bond motifs is 2. The summed E-state index contributed by atoms with van der Waals surface area (Å²) in [4.78, 5) is 28.9. The van der Waals surface area contributed by atoms with Crippen LogP contribution in [-0.4, -0.2) is 35.1 Å². The van der Waals surface area contributed by atoms with E-state index in [0.29, 0.717) is 13.0 Å². The number of carbonyl (C=O) groups excluding carboxylic acids is 2. The number of hydrogen-bond donors (Lipinski definition) is 0. The second-order valence-corrected chi connectivity index (χ2v) is 8.21. The third kappa shape index (κ3) is 2.36. The summed E-state index contributed by atoms with van der Waals surface area (Å²) in [5.74, 6) is 1.21. The number of hydrogen-bond acceptors (Lipinski definition) is 3. The van der Waals surface area contributed by atoms with Gasteiger partial charge < -0.3 is 9.80 Å². The standard InChI is InChI=1S/C18H24N2O2S/c1-12(2)11-16(21)19-9-10-23-18(19)14-7-5-6-8-15(14)20(13(3)4)17(18)22/h5-8,12-13H,9-11H2,1-4H3. The van der Waals surface area contributed by atoms with E-state index in [9.17, 15) is 9.59 Å². The number of anilines is 1. The first-order chi connectivity index (χ1) is 10.9. The summed E-state index contributed by atoms with van der Waals surface area (Å²) in [6.45, 7) is 8.76. The predicted molar refractivity (Wildman–Crippen MR) is 94.4 cm³/mol. The maximum atomic E-state index is 13.3. The molecule has 2 heterocycles. The van der Waals surface area contributed by atoms with Crippen molar-refractivity contribution in [1.29, 1.82) is 0 Å². The first-order valence-electron chi connectivity index (χ1n) is 8.27. The van der Waals surface area contributed by atoms with Crippen LogP contribution in [0.25, 0.3) is 0 Å². The van der Waals surface area contributed by atoms with Crippen molar-refractivity contribution in [3.05, 3.63) is 29.8 Å². The maximum absolute atomic E-state index is 13.3. The lowest BCUT2D eigenvalue weighted by Crippen LogP contribution is -2.51. The molecule has 0 aromatic heterocycles. The molecule has 1 unspecified atom stereocenters. The van der Waals surface area contributed by atoms with Gasteiger partial charge in [0.1, 0.15) is 0 Å². The van der Waals surface area contributed by atoms with E-state index < -0.39 is 4.87 Å². The Bertz CT molecular complexity index is 644. The Morgan fingerprint density at radius 2 is 1.96 bits per heavy atom. The smallest absolute Gasteiger partial charge is 0.268 e. The van der Waals surface area contributed by atoms with Crippen LogP contribution < -0.4 is 4.90 Å². The average Bonchev–Trinajstić information content (AvgIpc) is 3.01. The maximum Gasteiger partial charge on any atom is 0.268 e. The minimum Gasteiger partial charge on any atom is -0.315 e. The van der Waals surface area contributed by atoms with Crippen molar-refractivity contribution in [2.24, 2.45) is 5.92 Å². The third-order valence-electron chi connectivity index (χ3n) is 4.44. The molecule has 1 fully saturated rings. The number of thioether (sulfide) groups is 1. The normalized spacial score (nSPS) is 23.5. The Morgan fingerprint density at radius 1 is 1.26 bits per heavy atom. The molecular weight excluding hydrogens is 308 g/mol. The van der Waals surface area contributed by atoms with E-state index in [2.05, 4.69) is 0 Å². The SMILES string of the molecule is CC(C)CC(=O)N1CCSC12C(=O)N(C(C)C)c1ccccc12. The summed E-state index contributed by atoms with van der Waals surface area (Å²) in [6.07, 6.45) is 0.486. The summed E-state index contributed by atoms with van der Waals surface area (Å²) in [6, 6.07) is 7.99. The molecule has 2 amide bonds. The number of rotatable bonds is 3. The highest BCUT2D eigenvalue weighted by Gasteiger charge is 2.59. The van der Waals surface area contributed by atoms with Gasteiger partial charge in [0.2, 0.25) is 5.91 Å². The van der Waals surface area contributed by atoms with Crippen LogP contribution in [0.4, 0.5) is 5.69 Å². The van der Waals surface area contributed by atoms with Gasteiger partial charge in [-0.25, -0.2) is 0 Å². The molecule has 1 aromatic rings. The molecule has 1 spiro atoms. The molecule has 2 aliphatic heterocycles. The molecule has 124 valence electrons. The number of carbonyl (C=O) groups is 2. The van der Waals surface area contributed by atoms with Gasteiger partial charge in [0, 0.05) is 30.3 Å². The van der Waals surface area contributed by atoms with Crippen molar-refractivity contribution < 1.29 is 9.59 Å². The summed E-state index contributed by atoms with van der Waals surface area (Å²) >= 11 is 1.60. The zero-order valence-electron chi connectivity index (χ0n) is 14.2. The number of amides is 2. The first-order valence-corrected chi connectivity index (χ1v) is 9.25. The lowest BCUT2D eigenvalue weighted by Gasteiger charge is -2.34. The highest BCUT2D eigenvalue weighted by atomic mass is 32.2. The summed E-state index contributed by atoms with van der Waals surface area (Å²) in [5.41, 5.74) is 1.92. The lowest BCUT2D eigenvalue weighted by molar-refractivity contribution is -0.140. The van der Waals surface area contributed by atoms with E-state index in [0.717, 1.165) is 17.0 Å². The van der Waals surface area contributed by atoms with Gasteiger partial charge in [0.05, 0.1) is 5.69 Å². The molecular formula is C18H24N2O2S. The van der Waals surface area contributed by atoms with Crippen molar-refractivity contribution in [2.75, 3.05) is 17.2 Å². The predicted octanol–water partition coefficient (Wildman–Crippen LogP) is 3.22. The van der Waals surface area contributed by atoms with Crippen molar-refractivity contribution in [2.45, 2.75) is 45.0 Å². The van der Waals surface area contributed by atoms with E-state index in [4.69, 9.17) is 0 Å². The van der Waals surface area contributed by atoms with Crippen LogP contribution in [0.2, 0.25) is 0 Å². The van der Waals surface area contributed by atoms with Crippen LogP contribution in [0.5, 0.6) is 0 Å². The van der Waals surface area contributed by atoms with Crippen LogP contribution in [0.15, 0.2) is 24.3 Å².